The molecular weight excluding hydrogens is 172 g/mol. The molecule has 4 nitrogen and oxygen atoms in total. The van der Waals surface area contributed by atoms with E-state index in [4.69, 9.17) is 16.3 Å². The van der Waals surface area contributed by atoms with Gasteiger partial charge in [0.1, 0.15) is 12.4 Å². The number of carboxylic acid groups (broad SMARTS) is 1. The predicted octanol–water partition coefficient (Wildman–Crippen LogP) is 0.460. The largest absolute Gasteiger partial charge is 0.481 e. The van der Waals surface area contributed by atoms with Gasteiger partial charge in [-0.05, 0) is 0 Å². The van der Waals surface area contributed by atoms with E-state index in [-0.39, 0.29) is 38.3 Å². The van der Waals surface area contributed by atoms with E-state index in [2.05, 4.69) is 5.92 Å². The maximum Gasteiger partial charge on any atom is 0.303 e. The monoisotopic (exact) mass is 184 g/mol. The highest BCUT2D eigenvalue weighted by Crippen LogP contribution is 1.95. The van der Waals surface area contributed by atoms with Crippen LogP contribution in [0.2, 0.25) is 0 Å². The van der Waals surface area contributed by atoms with Crippen molar-refractivity contribution < 1.29 is 19.4 Å². The Bertz CT molecular complexity index is 214. The van der Waals surface area contributed by atoms with E-state index in [9.17, 15) is 9.59 Å². The molecule has 0 amide bonds. The topological polar surface area (TPSA) is 63.6 Å². The molecular formula is C9H12O4. The number of carbonyl (C=O) groups excluding carboxylic acids is 1. The lowest BCUT2D eigenvalue weighted by atomic mass is 10.2. The number of Topliss-reactive ketones (excluding diaryl/α,β-unsaturated/α-hetero) is 1. The van der Waals surface area contributed by atoms with Crippen molar-refractivity contribution in [3.63, 3.8) is 0 Å². The molecule has 0 aliphatic heterocycles. The van der Waals surface area contributed by atoms with Crippen molar-refractivity contribution in [1.29, 1.82) is 0 Å². The minimum absolute atomic E-state index is 0.0642. The minimum Gasteiger partial charge on any atom is -0.481 e. The first kappa shape index (κ1) is 11.7. The van der Waals surface area contributed by atoms with Gasteiger partial charge in [-0.15, -0.1) is 6.42 Å². The molecule has 0 saturated heterocycles. The zero-order valence-corrected chi connectivity index (χ0v) is 7.28. The van der Waals surface area contributed by atoms with Crippen LogP contribution < -0.4 is 0 Å². The van der Waals surface area contributed by atoms with E-state index < -0.39 is 5.97 Å². The van der Waals surface area contributed by atoms with Crippen molar-refractivity contribution in [3.05, 3.63) is 0 Å². The number of carboxylic acids is 1. The maximum absolute atomic E-state index is 10.9. The molecule has 0 aromatic rings. The summed E-state index contributed by atoms with van der Waals surface area (Å²) in [5, 5.41) is 8.26. The van der Waals surface area contributed by atoms with Crippen molar-refractivity contribution in [2.24, 2.45) is 0 Å². The van der Waals surface area contributed by atoms with Crippen LogP contribution in [-0.2, 0) is 14.3 Å². The first-order chi connectivity index (χ1) is 6.16. The molecule has 72 valence electrons. The molecule has 0 aliphatic carbocycles. The summed E-state index contributed by atoms with van der Waals surface area (Å²) in [6.45, 7) is 0.453. The summed E-state index contributed by atoms with van der Waals surface area (Å²) < 4.78 is 4.86. The number of hydrogen-bond donors (Lipinski definition) is 1. The van der Waals surface area contributed by atoms with Gasteiger partial charge < -0.3 is 9.84 Å². The molecule has 4 heteroatoms. The number of terminal acetylenes is 1. The molecule has 0 aromatic carbocycles. The van der Waals surface area contributed by atoms with Crippen LogP contribution in [0.3, 0.4) is 0 Å². The Balaban J connectivity index is 3.31. The summed E-state index contributed by atoms with van der Waals surface area (Å²) in [5.74, 6) is 1.19. The average molecular weight is 184 g/mol. The Morgan fingerprint density at radius 1 is 1.31 bits per heavy atom. The minimum atomic E-state index is -0.960. The zero-order valence-electron chi connectivity index (χ0n) is 7.28. The highest BCUT2D eigenvalue weighted by atomic mass is 16.5. The summed E-state index contributed by atoms with van der Waals surface area (Å²) >= 11 is 0. The second-order valence-corrected chi connectivity index (χ2v) is 2.44. The summed E-state index contributed by atoms with van der Waals surface area (Å²) in [5.41, 5.74) is 0. The summed E-state index contributed by atoms with van der Waals surface area (Å²) in [6.07, 6.45) is 5.08. The van der Waals surface area contributed by atoms with Crippen molar-refractivity contribution in [3.8, 4) is 12.3 Å². The molecule has 0 bridgehead atoms. The molecule has 0 rings (SSSR count). The second-order valence-electron chi connectivity index (χ2n) is 2.44. The van der Waals surface area contributed by atoms with Crippen molar-refractivity contribution in [2.45, 2.75) is 19.3 Å². The smallest absolute Gasteiger partial charge is 0.303 e. The Hall–Kier alpha value is -1.34. The van der Waals surface area contributed by atoms with E-state index in [0.29, 0.717) is 0 Å². The average Bonchev–Trinajstić information content (AvgIpc) is 2.09. The van der Waals surface area contributed by atoms with Gasteiger partial charge in [-0.3, -0.25) is 9.59 Å². The second kappa shape index (κ2) is 7.32. The number of hydrogen-bond acceptors (Lipinski definition) is 3. The van der Waals surface area contributed by atoms with E-state index in [1.807, 2.05) is 0 Å². The normalized spacial score (nSPS) is 9.15. The number of ketones is 1. The highest BCUT2D eigenvalue weighted by molar-refractivity contribution is 5.82. The fourth-order valence-electron chi connectivity index (χ4n) is 0.688. The van der Waals surface area contributed by atoms with E-state index in [0.717, 1.165) is 0 Å². The molecule has 0 aliphatic rings. The van der Waals surface area contributed by atoms with Crippen LogP contribution >= 0.6 is 0 Å². The lowest BCUT2D eigenvalue weighted by Gasteiger charge is -1.98. The molecule has 0 atom stereocenters. The number of rotatable bonds is 7. The summed E-state index contributed by atoms with van der Waals surface area (Å²) in [6, 6.07) is 0. The third kappa shape index (κ3) is 8.57. The molecule has 0 saturated carbocycles. The Morgan fingerprint density at radius 2 is 2.00 bits per heavy atom. The Labute approximate surface area is 76.9 Å². The number of aliphatic carboxylic acids is 1. The van der Waals surface area contributed by atoms with Gasteiger partial charge in [0.25, 0.3) is 0 Å². The van der Waals surface area contributed by atoms with Crippen LogP contribution in [0.25, 0.3) is 0 Å². The quantitative estimate of drug-likeness (QED) is 0.461. The van der Waals surface area contributed by atoms with Gasteiger partial charge >= 0.3 is 5.97 Å². The number of ether oxygens (including phenoxy) is 1. The van der Waals surface area contributed by atoms with Crippen LogP contribution in [0, 0.1) is 12.3 Å². The van der Waals surface area contributed by atoms with Crippen LogP contribution in [0.4, 0.5) is 0 Å². The molecule has 0 heterocycles. The standard InChI is InChI=1S/C9H12O4/c1-2-6-13-7-5-8(10)3-4-9(11)12/h1H,3-7H2,(H,11,12). The van der Waals surface area contributed by atoms with E-state index >= 15 is 0 Å². The van der Waals surface area contributed by atoms with Crippen LogP contribution in [0.15, 0.2) is 0 Å². The first-order valence-corrected chi connectivity index (χ1v) is 3.91. The van der Waals surface area contributed by atoms with Crippen LogP contribution in [-0.4, -0.2) is 30.1 Å². The molecule has 0 spiro atoms. The Kier molecular flexibility index (Phi) is 6.56. The van der Waals surface area contributed by atoms with Gasteiger partial charge in [0, 0.05) is 12.8 Å². The lowest BCUT2D eigenvalue weighted by molar-refractivity contribution is -0.138. The molecule has 0 radical (unpaired) electrons. The predicted molar refractivity (Wildman–Crippen MR) is 46.1 cm³/mol. The van der Waals surface area contributed by atoms with Crippen molar-refractivity contribution >= 4 is 11.8 Å². The highest BCUT2D eigenvalue weighted by Gasteiger charge is 2.04. The van der Waals surface area contributed by atoms with Crippen molar-refractivity contribution in [2.75, 3.05) is 13.2 Å². The van der Waals surface area contributed by atoms with E-state index in [1.165, 1.54) is 0 Å². The number of carbonyl (C=O) groups is 2. The molecule has 13 heavy (non-hydrogen) atoms. The SMILES string of the molecule is C#CCOCCC(=O)CCC(=O)O. The third-order valence-corrected chi connectivity index (χ3v) is 1.33. The molecule has 1 N–H and O–H groups in total. The molecule has 0 unspecified atom stereocenters. The fraction of sp³-hybridized carbons (Fsp3) is 0.556. The van der Waals surface area contributed by atoms with Crippen LogP contribution in [0.5, 0.6) is 0 Å². The molecule has 0 fully saturated rings. The van der Waals surface area contributed by atoms with Crippen molar-refractivity contribution in [1.82, 2.24) is 0 Å². The third-order valence-electron chi connectivity index (χ3n) is 1.33. The molecule has 0 aromatic heterocycles. The van der Waals surface area contributed by atoms with Crippen LogP contribution in [0.1, 0.15) is 19.3 Å². The lowest BCUT2D eigenvalue weighted by Crippen LogP contribution is -2.06. The van der Waals surface area contributed by atoms with Gasteiger partial charge in [0.15, 0.2) is 0 Å². The first-order valence-electron chi connectivity index (χ1n) is 3.91. The zero-order chi connectivity index (χ0) is 10.1. The maximum atomic E-state index is 10.9. The van der Waals surface area contributed by atoms with Gasteiger partial charge in [-0.25, -0.2) is 0 Å². The Morgan fingerprint density at radius 3 is 2.54 bits per heavy atom. The van der Waals surface area contributed by atoms with Gasteiger partial charge in [-0.2, -0.15) is 0 Å². The summed E-state index contributed by atoms with van der Waals surface area (Å²) in [7, 11) is 0. The van der Waals surface area contributed by atoms with E-state index in [1.54, 1.807) is 0 Å². The van der Waals surface area contributed by atoms with Gasteiger partial charge in [-0.1, -0.05) is 5.92 Å². The van der Waals surface area contributed by atoms with Gasteiger partial charge in [0.05, 0.1) is 13.0 Å². The van der Waals surface area contributed by atoms with Gasteiger partial charge in [0.2, 0.25) is 0 Å². The summed E-state index contributed by atoms with van der Waals surface area (Å²) in [4.78, 5) is 21.0. The fourth-order valence-corrected chi connectivity index (χ4v) is 0.688.